The summed E-state index contributed by atoms with van der Waals surface area (Å²) in [5.74, 6) is -0.964. The maximum atomic E-state index is 13.2. The molecule has 1 saturated heterocycles. The number of hydrogen-bond acceptors (Lipinski definition) is 6. The molecule has 0 radical (unpaired) electrons. The summed E-state index contributed by atoms with van der Waals surface area (Å²) in [5.41, 5.74) is 2.69. The molecule has 7 heteroatoms. The number of nitrogens with zero attached hydrogens (tertiary/aromatic N) is 2. The molecule has 1 aromatic heterocycles. The minimum absolute atomic E-state index is 0.00525. The van der Waals surface area contributed by atoms with Crippen LogP contribution in [0, 0.1) is 0 Å². The third kappa shape index (κ3) is 3.71. The molecule has 7 nitrogen and oxygen atoms in total. The van der Waals surface area contributed by atoms with Crippen molar-refractivity contribution in [3.63, 3.8) is 0 Å². The van der Waals surface area contributed by atoms with E-state index in [4.69, 9.17) is 4.74 Å². The molecule has 2 atom stereocenters. The second-order valence-corrected chi connectivity index (χ2v) is 8.33. The number of phenolic OH excluding ortho intramolecular Hbond substituents is 1. The molecule has 1 fully saturated rings. The van der Waals surface area contributed by atoms with E-state index in [1.54, 1.807) is 54.9 Å². The van der Waals surface area contributed by atoms with Crippen LogP contribution in [-0.4, -0.2) is 37.9 Å². The number of phenols is 1. The first kappa shape index (κ1) is 20.8. The molecule has 0 spiro atoms. The summed E-state index contributed by atoms with van der Waals surface area (Å²) >= 11 is 0. The second kappa shape index (κ2) is 8.09. The summed E-state index contributed by atoms with van der Waals surface area (Å²) in [7, 11) is 0. The monoisotopic (exact) mass is 442 g/mol. The second-order valence-electron chi connectivity index (χ2n) is 8.33. The minimum Gasteiger partial charge on any atom is -0.508 e. The molecule has 2 aromatic carbocycles. The smallest absolute Gasteiger partial charge is 0.295 e. The van der Waals surface area contributed by atoms with Gasteiger partial charge in [0, 0.05) is 30.9 Å². The summed E-state index contributed by atoms with van der Waals surface area (Å²) in [6.07, 6.45) is 3.96. The van der Waals surface area contributed by atoms with Crippen molar-refractivity contribution in [2.75, 3.05) is 0 Å². The zero-order chi connectivity index (χ0) is 23.1. The third-order valence-electron chi connectivity index (χ3n) is 6.00. The van der Waals surface area contributed by atoms with Crippen LogP contribution in [0.25, 0.3) is 5.76 Å². The summed E-state index contributed by atoms with van der Waals surface area (Å²) in [4.78, 5) is 31.7. The number of likely N-dealkylation sites (tertiary alicyclic amines) is 1. The lowest BCUT2D eigenvalue weighted by Crippen LogP contribution is -2.29. The molecule has 1 amide bonds. The molecule has 0 unspecified atom stereocenters. The van der Waals surface area contributed by atoms with Crippen LogP contribution in [0.15, 0.2) is 72.6 Å². The SMILES string of the molecule is C[C@H]1Cc2cc(C(O)=C3C(=O)C(=O)N(Cc4ccncc4)[C@H]3c3cccc(O)c3)ccc2O1. The number of pyridine rings is 1. The number of carbonyl (C=O) groups is 2. The molecule has 3 heterocycles. The Labute approximate surface area is 190 Å². The van der Waals surface area contributed by atoms with Gasteiger partial charge in [-0.25, -0.2) is 0 Å². The summed E-state index contributed by atoms with van der Waals surface area (Å²) in [6, 6.07) is 14.3. The first-order valence-corrected chi connectivity index (χ1v) is 10.7. The molecule has 0 bridgehead atoms. The van der Waals surface area contributed by atoms with Crippen LogP contribution < -0.4 is 4.74 Å². The zero-order valence-electron chi connectivity index (χ0n) is 17.9. The number of carbonyl (C=O) groups excluding carboxylic acids is 2. The number of benzene rings is 2. The highest BCUT2D eigenvalue weighted by Gasteiger charge is 2.46. The Kier molecular flexibility index (Phi) is 5.09. The largest absolute Gasteiger partial charge is 0.508 e. The Balaban J connectivity index is 1.64. The predicted octanol–water partition coefficient (Wildman–Crippen LogP) is 3.73. The summed E-state index contributed by atoms with van der Waals surface area (Å²) in [5, 5.41) is 21.3. The van der Waals surface area contributed by atoms with Crippen molar-refractivity contribution in [3.8, 4) is 11.5 Å². The number of hydrogen-bond donors (Lipinski definition) is 2. The fraction of sp³-hybridized carbons (Fsp3) is 0.192. The number of aliphatic hydroxyl groups excluding tert-OH is 1. The van der Waals surface area contributed by atoms with E-state index in [0.29, 0.717) is 17.5 Å². The lowest BCUT2D eigenvalue weighted by atomic mass is 9.94. The van der Waals surface area contributed by atoms with Gasteiger partial charge in [0.25, 0.3) is 11.7 Å². The molecule has 0 saturated carbocycles. The molecule has 3 aromatic rings. The van der Waals surface area contributed by atoms with E-state index in [-0.39, 0.29) is 29.7 Å². The Hall–Kier alpha value is -4.13. The van der Waals surface area contributed by atoms with Crippen LogP contribution in [0.1, 0.15) is 35.2 Å². The quantitative estimate of drug-likeness (QED) is 0.363. The van der Waals surface area contributed by atoms with E-state index >= 15 is 0 Å². The average molecular weight is 442 g/mol. The fourth-order valence-electron chi connectivity index (χ4n) is 4.49. The molecule has 5 rings (SSSR count). The molecular weight excluding hydrogens is 420 g/mol. The van der Waals surface area contributed by atoms with E-state index in [9.17, 15) is 19.8 Å². The Morgan fingerprint density at radius 3 is 2.67 bits per heavy atom. The number of ketones is 1. The van der Waals surface area contributed by atoms with Crippen molar-refractivity contribution >= 4 is 17.4 Å². The van der Waals surface area contributed by atoms with Gasteiger partial charge in [0.1, 0.15) is 23.4 Å². The number of aromatic nitrogens is 1. The summed E-state index contributed by atoms with van der Waals surface area (Å²) < 4.78 is 5.73. The third-order valence-corrected chi connectivity index (χ3v) is 6.00. The maximum absolute atomic E-state index is 13.2. The maximum Gasteiger partial charge on any atom is 0.295 e. The van der Waals surface area contributed by atoms with Gasteiger partial charge in [-0.05, 0) is 66.1 Å². The number of aromatic hydroxyl groups is 1. The topological polar surface area (TPSA) is 100.0 Å². The highest BCUT2D eigenvalue weighted by Crippen LogP contribution is 2.41. The van der Waals surface area contributed by atoms with Gasteiger partial charge >= 0.3 is 0 Å². The normalized spacial score (nSPS) is 21.2. The van der Waals surface area contributed by atoms with Crippen molar-refractivity contribution in [1.82, 2.24) is 9.88 Å². The van der Waals surface area contributed by atoms with Crippen molar-refractivity contribution in [3.05, 3.63) is 94.8 Å². The lowest BCUT2D eigenvalue weighted by molar-refractivity contribution is -0.140. The zero-order valence-corrected chi connectivity index (χ0v) is 17.9. The standard InChI is InChI=1S/C26H22N2O5/c1-15-11-19-12-18(5-6-21(19)33-15)24(30)22-23(17-3-2-4-20(29)13-17)28(26(32)25(22)31)14-16-7-9-27-10-8-16/h2-10,12-13,15,23,29-30H,11,14H2,1H3/t15-,23-/m0/s1. The Morgan fingerprint density at radius 1 is 1.12 bits per heavy atom. The molecule has 2 N–H and O–H groups in total. The van der Waals surface area contributed by atoms with Gasteiger partial charge in [-0.2, -0.15) is 0 Å². The number of Topliss-reactive ketones (excluding diaryl/α,β-unsaturated/α-hetero) is 1. The van der Waals surface area contributed by atoms with Crippen LogP contribution in [0.3, 0.4) is 0 Å². The van der Waals surface area contributed by atoms with Gasteiger partial charge in [0.05, 0.1) is 11.6 Å². The Morgan fingerprint density at radius 2 is 1.91 bits per heavy atom. The van der Waals surface area contributed by atoms with Crippen LogP contribution in [0.5, 0.6) is 11.5 Å². The van der Waals surface area contributed by atoms with Crippen LogP contribution >= 0.6 is 0 Å². The molecule has 33 heavy (non-hydrogen) atoms. The van der Waals surface area contributed by atoms with Gasteiger partial charge in [-0.3, -0.25) is 14.6 Å². The van der Waals surface area contributed by atoms with Crippen molar-refractivity contribution < 1.29 is 24.5 Å². The van der Waals surface area contributed by atoms with Crippen LogP contribution in [0.2, 0.25) is 0 Å². The van der Waals surface area contributed by atoms with Crippen molar-refractivity contribution in [2.45, 2.75) is 32.0 Å². The molecule has 2 aliphatic rings. The van der Waals surface area contributed by atoms with E-state index < -0.39 is 17.7 Å². The Bertz CT molecular complexity index is 1280. The number of ether oxygens (including phenoxy) is 1. The lowest BCUT2D eigenvalue weighted by Gasteiger charge is -2.25. The molecular formula is C26H22N2O5. The van der Waals surface area contributed by atoms with Gasteiger partial charge in [-0.1, -0.05) is 12.1 Å². The summed E-state index contributed by atoms with van der Waals surface area (Å²) in [6.45, 7) is 2.12. The number of rotatable bonds is 4. The minimum atomic E-state index is -0.853. The highest BCUT2D eigenvalue weighted by atomic mass is 16.5. The van der Waals surface area contributed by atoms with Gasteiger partial charge in [0.15, 0.2) is 0 Å². The molecule has 166 valence electrons. The van der Waals surface area contributed by atoms with E-state index in [2.05, 4.69) is 4.98 Å². The van der Waals surface area contributed by atoms with E-state index in [0.717, 1.165) is 16.9 Å². The molecule has 0 aliphatic carbocycles. The first-order valence-electron chi connectivity index (χ1n) is 10.7. The van der Waals surface area contributed by atoms with Crippen LogP contribution in [0.4, 0.5) is 0 Å². The van der Waals surface area contributed by atoms with Gasteiger partial charge in [0.2, 0.25) is 0 Å². The molecule has 2 aliphatic heterocycles. The van der Waals surface area contributed by atoms with E-state index in [1.165, 1.54) is 17.0 Å². The highest BCUT2D eigenvalue weighted by molar-refractivity contribution is 6.46. The first-order chi connectivity index (χ1) is 15.9. The fourth-order valence-corrected chi connectivity index (χ4v) is 4.49. The van der Waals surface area contributed by atoms with Crippen molar-refractivity contribution in [2.24, 2.45) is 0 Å². The van der Waals surface area contributed by atoms with Gasteiger partial charge < -0.3 is 19.8 Å². The van der Waals surface area contributed by atoms with Crippen molar-refractivity contribution in [1.29, 1.82) is 0 Å². The van der Waals surface area contributed by atoms with Crippen LogP contribution in [-0.2, 0) is 22.6 Å². The number of fused-ring (bicyclic) bond motifs is 1. The average Bonchev–Trinajstić information content (AvgIpc) is 3.30. The van der Waals surface area contributed by atoms with E-state index in [1.807, 2.05) is 6.92 Å². The van der Waals surface area contributed by atoms with Gasteiger partial charge in [-0.15, -0.1) is 0 Å². The number of amides is 1. The number of aliphatic hydroxyl groups is 1. The predicted molar refractivity (Wildman–Crippen MR) is 120 cm³/mol.